The van der Waals surface area contributed by atoms with Gasteiger partial charge in [0, 0.05) is 0 Å². The van der Waals surface area contributed by atoms with Gasteiger partial charge >= 0.3 is 6.09 Å². The van der Waals surface area contributed by atoms with Gasteiger partial charge in [-0.3, -0.25) is 5.32 Å². The molecule has 0 aliphatic carbocycles. The van der Waals surface area contributed by atoms with Crippen LogP contribution in [0.25, 0.3) is 0 Å². The van der Waals surface area contributed by atoms with Crippen molar-refractivity contribution in [1.82, 2.24) is 9.97 Å². The van der Waals surface area contributed by atoms with Gasteiger partial charge in [0.1, 0.15) is 5.60 Å². The zero-order chi connectivity index (χ0) is 13.8. The first-order valence-electron chi connectivity index (χ1n) is 5.75. The van der Waals surface area contributed by atoms with Crippen LogP contribution in [0.1, 0.15) is 34.6 Å². The van der Waals surface area contributed by atoms with Crippen molar-refractivity contribution in [3.8, 4) is 5.88 Å². The fourth-order valence-corrected chi connectivity index (χ4v) is 1.09. The second-order valence-corrected chi connectivity index (χ2v) is 5.03. The molecule has 0 radical (unpaired) electrons. The van der Waals surface area contributed by atoms with Crippen LogP contribution in [0.15, 0.2) is 12.4 Å². The van der Waals surface area contributed by atoms with Gasteiger partial charge in [-0.15, -0.1) is 0 Å². The fraction of sp³-hybridized carbons (Fsp3) is 0.583. The monoisotopic (exact) mass is 253 g/mol. The summed E-state index contributed by atoms with van der Waals surface area (Å²) in [6.45, 7) is 9.16. The van der Waals surface area contributed by atoms with Gasteiger partial charge in [0.25, 0.3) is 0 Å². The van der Waals surface area contributed by atoms with Gasteiger partial charge < -0.3 is 9.47 Å². The summed E-state index contributed by atoms with van der Waals surface area (Å²) in [5, 5.41) is 2.49. The Balaban J connectivity index is 2.56. The van der Waals surface area contributed by atoms with Gasteiger partial charge in [-0.05, 0) is 34.6 Å². The summed E-state index contributed by atoms with van der Waals surface area (Å²) in [7, 11) is 0. The van der Waals surface area contributed by atoms with Crippen molar-refractivity contribution in [2.45, 2.75) is 46.3 Å². The molecule has 1 aromatic rings. The zero-order valence-corrected chi connectivity index (χ0v) is 11.4. The number of nitrogens with one attached hydrogen (secondary N) is 1. The van der Waals surface area contributed by atoms with E-state index >= 15 is 0 Å². The minimum absolute atomic E-state index is 0.0314. The summed E-state index contributed by atoms with van der Waals surface area (Å²) in [5.74, 6) is 0.736. The lowest BCUT2D eigenvalue weighted by Crippen LogP contribution is -2.27. The summed E-state index contributed by atoms with van der Waals surface area (Å²) < 4.78 is 10.4. The normalized spacial score (nSPS) is 11.2. The van der Waals surface area contributed by atoms with Crippen LogP contribution in [0, 0.1) is 0 Å². The smallest absolute Gasteiger partial charge is 0.413 e. The molecule has 0 saturated heterocycles. The highest BCUT2D eigenvalue weighted by molar-refractivity contribution is 5.83. The first kappa shape index (κ1) is 14.2. The second kappa shape index (κ2) is 5.66. The first-order valence-corrected chi connectivity index (χ1v) is 5.75. The molecule has 0 bridgehead atoms. The third kappa shape index (κ3) is 5.47. The molecule has 1 N–H and O–H groups in total. The number of rotatable bonds is 3. The van der Waals surface area contributed by atoms with Gasteiger partial charge in [0.2, 0.25) is 5.88 Å². The molecule has 0 aliphatic heterocycles. The van der Waals surface area contributed by atoms with Crippen LogP contribution in [0.5, 0.6) is 5.88 Å². The lowest BCUT2D eigenvalue weighted by atomic mass is 10.2. The lowest BCUT2D eigenvalue weighted by Gasteiger charge is -2.19. The molecule has 0 unspecified atom stereocenters. The van der Waals surface area contributed by atoms with E-state index in [1.54, 1.807) is 20.8 Å². The maximum Gasteiger partial charge on any atom is 0.413 e. The van der Waals surface area contributed by atoms with E-state index in [2.05, 4.69) is 15.3 Å². The molecular formula is C12H19N3O3. The average molecular weight is 253 g/mol. The summed E-state index contributed by atoms with van der Waals surface area (Å²) in [6, 6.07) is 0. The molecule has 18 heavy (non-hydrogen) atoms. The van der Waals surface area contributed by atoms with Crippen LogP contribution in [0.2, 0.25) is 0 Å². The number of aromatic nitrogens is 2. The molecule has 6 heteroatoms. The van der Waals surface area contributed by atoms with E-state index in [4.69, 9.17) is 9.47 Å². The minimum atomic E-state index is -0.561. The van der Waals surface area contributed by atoms with Gasteiger partial charge in [0.15, 0.2) is 5.82 Å². The predicted octanol–water partition coefficient (Wildman–Crippen LogP) is 2.61. The number of nitrogens with zero attached hydrogens (tertiary/aromatic N) is 2. The van der Waals surface area contributed by atoms with E-state index in [1.807, 2.05) is 13.8 Å². The molecule has 100 valence electrons. The maximum atomic E-state index is 11.5. The fourth-order valence-electron chi connectivity index (χ4n) is 1.09. The zero-order valence-electron chi connectivity index (χ0n) is 11.4. The van der Waals surface area contributed by atoms with Crippen molar-refractivity contribution < 1.29 is 14.3 Å². The third-order valence-corrected chi connectivity index (χ3v) is 1.61. The van der Waals surface area contributed by atoms with Crippen LogP contribution in [0.4, 0.5) is 10.6 Å². The number of amides is 1. The molecule has 1 heterocycles. The Bertz CT molecular complexity index is 396. The number of ether oxygens (including phenoxy) is 2. The molecule has 0 fully saturated rings. The van der Waals surface area contributed by atoms with Crippen molar-refractivity contribution >= 4 is 11.9 Å². The number of anilines is 1. The molecule has 1 rings (SSSR count). The number of hydrogen-bond acceptors (Lipinski definition) is 5. The van der Waals surface area contributed by atoms with Crippen LogP contribution < -0.4 is 10.1 Å². The Hall–Kier alpha value is -1.85. The standard InChI is InChI=1S/C12H19N3O3/c1-8(2)17-10-7-13-9(6-14-10)15-11(16)18-12(3,4)5/h6-8H,1-5H3,(H,13,15,16). The molecule has 1 amide bonds. The molecular weight excluding hydrogens is 234 g/mol. The third-order valence-electron chi connectivity index (χ3n) is 1.61. The van der Waals surface area contributed by atoms with Crippen molar-refractivity contribution in [2.24, 2.45) is 0 Å². The Kier molecular flexibility index (Phi) is 4.47. The summed E-state index contributed by atoms with van der Waals surface area (Å²) in [5.41, 5.74) is -0.543. The van der Waals surface area contributed by atoms with Gasteiger partial charge in [-0.1, -0.05) is 0 Å². The highest BCUT2D eigenvalue weighted by Gasteiger charge is 2.16. The molecule has 0 aromatic carbocycles. The lowest BCUT2D eigenvalue weighted by molar-refractivity contribution is 0.0635. The Morgan fingerprint density at radius 3 is 2.39 bits per heavy atom. The molecule has 0 aliphatic rings. The molecule has 1 aromatic heterocycles. The SMILES string of the molecule is CC(C)Oc1cnc(NC(=O)OC(C)(C)C)cn1. The van der Waals surface area contributed by atoms with Crippen LogP contribution in [0.3, 0.4) is 0 Å². The largest absolute Gasteiger partial charge is 0.474 e. The summed E-state index contributed by atoms with van der Waals surface area (Å²) in [6.07, 6.45) is 2.34. The topological polar surface area (TPSA) is 73.3 Å². The summed E-state index contributed by atoms with van der Waals surface area (Å²) >= 11 is 0. The predicted molar refractivity (Wildman–Crippen MR) is 67.7 cm³/mol. The van der Waals surface area contributed by atoms with Crippen molar-refractivity contribution in [1.29, 1.82) is 0 Å². The first-order chi connectivity index (χ1) is 8.26. The second-order valence-electron chi connectivity index (χ2n) is 5.03. The van der Waals surface area contributed by atoms with Crippen molar-refractivity contribution in [2.75, 3.05) is 5.32 Å². The van der Waals surface area contributed by atoms with Gasteiger partial charge in [-0.25, -0.2) is 14.8 Å². The Labute approximate surface area is 107 Å². The highest BCUT2D eigenvalue weighted by Crippen LogP contribution is 2.11. The minimum Gasteiger partial charge on any atom is -0.474 e. The average Bonchev–Trinajstić information content (AvgIpc) is 2.17. The van der Waals surface area contributed by atoms with E-state index in [9.17, 15) is 4.79 Å². The Morgan fingerprint density at radius 2 is 1.94 bits per heavy atom. The quantitative estimate of drug-likeness (QED) is 0.896. The van der Waals surface area contributed by atoms with Gasteiger partial charge in [-0.2, -0.15) is 0 Å². The molecule has 0 atom stereocenters. The van der Waals surface area contributed by atoms with E-state index in [0.717, 1.165) is 0 Å². The van der Waals surface area contributed by atoms with Crippen LogP contribution >= 0.6 is 0 Å². The Morgan fingerprint density at radius 1 is 1.28 bits per heavy atom. The maximum absolute atomic E-state index is 11.5. The van der Waals surface area contributed by atoms with Crippen molar-refractivity contribution in [3.05, 3.63) is 12.4 Å². The van der Waals surface area contributed by atoms with E-state index < -0.39 is 11.7 Å². The van der Waals surface area contributed by atoms with E-state index in [0.29, 0.717) is 11.7 Å². The van der Waals surface area contributed by atoms with Crippen LogP contribution in [-0.2, 0) is 4.74 Å². The van der Waals surface area contributed by atoms with Crippen LogP contribution in [-0.4, -0.2) is 27.8 Å². The number of hydrogen-bond donors (Lipinski definition) is 1. The van der Waals surface area contributed by atoms with E-state index in [-0.39, 0.29) is 6.10 Å². The molecule has 0 spiro atoms. The van der Waals surface area contributed by atoms with E-state index in [1.165, 1.54) is 12.4 Å². The number of carbonyl (C=O) groups is 1. The number of carbonyl (C=O) groups excluding carboxylic acids is 1. The molecule has 0 saturated carbocycles. The molecule has 6 nitrogen and oxygen atoms in total. The van der Waals surface area contributed by atoms with Gasteiger partial charge in [0.05, 0.1) is 18.5 Å². The highest BCUT2D eigenvalue weighted by atomic mass is 16.6. The summed E-state index contributed by atoms with van der Waals surface area (Å²) in [4.78, 5) is 19.5. The van der Waals surface area contributed by atoms with Crippen molar-refractivity contribution in [3.63, 3.8) is 0 Å².